The van der Waals surface area contributed by atoms with Gasteiger partial charge in [-0.3, -0.25) is 9.80 Å². The van der Waals surface area contributed by atoms with E-state index < -0.39 is 42.1 Å². The Labute approximate surface area is 283 Å². The molecular weight excluding hydrogens is 697 g/mol. The topological polar surface area (TPSA) is 139 Å². The van der Waals surface area contributed by atoms with Gasteiger partial charge in [0.15, 0.2) is 0 Å². The first-order valence-corrected chi connectivity index (χ1v) is 15.8. The first-order valence-electron chi connectivity index (χ1n) is 15.0. The Hall–Kier alpha value is -4.42. The van der Waals surface area contributed by atoms with Crippen molar-refractivity contribution in [1.29, 1.82) is 0 Å². The van der Waals surface area contributed by atoms with Crippen LogP contribution >= 0.6 is 15.9 Å². The summed E-state index contributed by atoms with van der Waals surface area (Å²) in [6.07, 6.45) is 4.75. The van der Waals surface area contributed by atoms with Crippen molar-refractivity contribution in [3.8, 4) is 0 Å². The summed E-state index contributed by atoms with van der Waals surface area (Å²) in [5, 5.41) is 15.1. The highest BCUT2D eigenvalue weighted by Crippen LogP contribution is 2.37. The number of anilines is 2. The summed E-state index contributed by atoms with van der Waals surface area (Å²) < 4.78 is 54.3. The molecule has 2 atom stereocenters. The zero-order chi connectivity index (χ0) is 34.2. The van der Waals surface area contributed by atoms with Crippen LogP contribution in [0.2, 0.25) is 0 Å². The van der Waals surface area contributed by atoms with Crippen LogP contribution in [0, 0.1) is 11.6 Å². The van der Waals surface area contributed by atoms with Crippen molar-refractivity contribution in [2.75, 3.05) is 22.9 Å². The van der Waals surface area contributed by atoms with Crippen molar-refractivity contribution in [3.63, 3.8) is 0 Å². The van der Waals surface area contributed by atoms with Crippen LogP contribution in [0.25, 0.3) is 0 Å². The highest BCUT2D eigenvalue weighted by molar-refractivity contribution is 9.10. The molecule has 48 heavy (non-hydrogen) atoms. The average Bonchev–Trinajstić information content (AvgIpc) is 3.86. The molecule has 4 aromatic rings. The van der Waals surface area contributed by atoms with E-state index in [1.54, 1.807) is 58.4 Å². The van der Waals surface area contributed by atoms with E-state index in [4.69, 9.17) is 18.8 Å². The molecule has 3 aliphatic heterocycles. The molecule has 0 N–H and O–H groups in total. The number of benzene rings is 2. The maximum Gasteiger partial charge on any atom is 0.497 e. The van der Waals surface area contributed by atoms with Gasteiger partial charge in [0.2, 0.25) is 0 Å². The van der Waals surface area contributed by atoms with Crippen LogP contribution in [0.15, 0.2) is 65.7 Å². The van der Waals surface area contributed by atoms with Crippen molar-refractivity contribution in [3.05, 3.63) is 77.3 Å². The highest BCUT2D eigenvalue weighted by Gasteiger charge is 2.52. The SMILES string of the molecule is CC1(C)OB(c2ccc(N3C[C@H](Cn4ccnn4)OC3=O)cc2F)OC1(C)C.O=C1O[C@@H](Cn2ccnn2)CN1c1ccc(Br)c(F)c1. The number of carbonyl (C=O) groups excluding carboxylic acids is 2. The summed E-state index contributed by atoms with van der Waals surface area (Å²) in [6, 6.07) is 9.07. The molecule has 18 heteroatoms. The Balaban J connectivity index is 0.000000177. The molecule has 3 fully saturated rings. The van der Waals surface area contributed by atoms with Crippen LogP contribution in [-0.4, -0.2) is 85.8 Å². The number of carbonyl (C=O) groups is 2. The summed E-state index contributed by atoms with van der Waals surface area (Å²) in [6.45, 7) is 9.10. The predicted molar refractivity (Wildman–Crippen MR) is 171 cm³/mol. The number of rotatable bonds is 7. The lowest BCUT2D eigenvalue weighted by Gasteiger charge is -2.32. The number of ether oxygens (including phenoxy) is 2. The largest absolute Gasteiger partial charge is 0.497 e. The predicted octanol–water partition coefficient (Wildman–Crippen LogP) is 3.95. The normalized spacial score (nSPS) is 21.3. The fourth-order valence-electron chi connectivity index (χ4n) is 5.23. The maximum absolute atomic E-state index is 14.8. The summed E-state index contributed by atoms with van der Waals surface area (Å²) in [5.74, 6) is -0.918. The van der Waals surface area contributed by atoms with Crippen LogP contribution < -0.4 is 15.3 Å². The monoisotopic (exact) mass is 728 g/mol. The van der Waals surface area contributed by atoms with Gasteiger partial charge in [-0.15, -0.1) is 10.2 Å². The van der Waals surface area contributed by atoms with E-state index in [-0.39, 0.29) is 12.2 Å². The standard InChI is InChI=1S/C18H22BFN4O4.C12H10BrFN4O2/c1-17(2)18(3,4)28-19(27-17)14-6-5-12(9-15(14)20)24-11-13(26-16(24)25)10-23-8-7-21-22-23;13-10-2-1-8(5-11(10)14)18-7-9(20-12(18)19)6-17-4-3-15-16-17/h5-9,13H,10-11H2,1-4H3;1-5,9H,6-7H2/t13-;9-/m00/s1. The van der Waals surface area contributed by atoms with Crippen molar-refractivity contribution in [1.82, 2.24) is 30.0 Å². The molecule has 7 rings (SSSR count). The van der Waals surface area contributed by atoms with E-state index in [1.807, 2.05) is 27.7 Å². The summed E-state index contributed by atoms with van der Waals surface area (Å²) in [7, 11) is -0.801. The van der Waals surface area contributed by atoms with Gasteiger partial charge in [-0.1, -0.05) is 16.5 Å². The van der Waals surface area contributed by atoms with E-state index in [1.165, 1.54) is 21.9 Å². The molecule has 0 saturated carbocycles. The number of hydrogen-bond donors (Lipinski definition) is 0. The lowest BCUT2D eigenvalue weighted by molar-refractivity contribution is 0.00578. The van der Waals surface area contributed by atoms with Gasteiger partial charge >= 0.3 is 19.3 Å². The van der Waals surface area contributed by atoms with Gasteiger partial charge in [0.1, 0.15) is 23.8 Å². The Kier molecular flexibility index (Phi) is 9.23. The molecule has 0 spiro atoms. The third-order valence-corrected chi connectivity index (χ3v) is 9.13. The highest BCUT2D eigenvalue weighted by atomic mass is 79.9. The number of aromatic nitrogens is 6. The van der Waals surface area contributed by atoms with E-state index >= 15 is 0 Å². The molecular formula is C30H32BBrF2N8O6. The number of cyclic esters (lactones) is 2. The number of hydrogen-bond acceptors (Lipinski definition) is 10. The maximum atomic E-state index is 14.8. The number of halogens is 3. The number of amides is 2. The summed E-state index contributed by atoms with van der Waals surface area (Å²) in [4.78, 5) is 26.9. The van der Waals surface area contributed by atoms with Gasteiger partial charge in [-0.05, 0) is 74.0 Å². The van der Waals surface area contributed by atoms with E-state index in [9.17, 15) is 18.4 Å². The lowest BCUT2D eigenvalue weighted by atomic mass is 9.78. The van der Waals surface area contributed by atoms with Crippen LogP contribution in [0.5, 0.6) is 0 Å². The van der Waals surface area contributed by atoms with Gasteiger partial charge in [0.05, 0.1) is 65.6 Å². The van der Waals surface area contributed by atoms with Crippen molar-refractivity contribution in [2.45, 2.75) is 64.2 Å². The summed E-state index contributed by atoms with van der Waals surface area (Å²) >= 11 is 3.08. The molecule has 3 saturated heterocycles. The third kappa shape index (κ3) is 7.05. The van der Waals surface area contributed by atoms with Crippen molar-refractivity contribution < 1.29 is 37.2 Å². The van der Waals surface area contributed by atoms with Gasteiger partial charge in [0, 0.05) is 17.9 Å². The van der Waals surface area contributed by atoms with Gasteiger partial charge in [-0.2, -0.15) is 0 Å². The molecule has 5 heterocycles. The molecule has 252 valence electrons. The average molecular weight is 729 g/mol. The molecule has 2 aromatic heterocycles. The zero-order valence-corrected chi connectivity index (χ0v) is 28.1. The van der Waals surface area contributed by atoms with E-state index in [0.717, 1.165) is 0 Å². The van der Waals surface area contributed by atoms with Gasteiger partial charge < -0.3 is 18.8 Å². The van der Waals surface area contributed by atoms with Gasteiger partial charge in [0.25, 0.3) is 0 Å². The van der Waals surface area contributed by atoms with Crippen LogP contribution in [-0.2, 0) is 31.9 Å². The third-order valence-electron chi connectivity index (χ3n) is 8.49. The van der Waals surface area contributed by atoms with Crippen LogP contribution in [0.1, 0.15) is 27.7 Å². The van der Waals surface area contributed by atoms with Crippen LogP contribution in [0.3, 0.4) is 0 Å². The second-order valence-corrected chi connectivity index (χ2v) is 13.2. The van der Waals surface area contributed by atoms with E-state index in [0.29, 0.717) is 47.5 Å². The molecule has 0 aliphatic carbocycles. The van der Waals surface area contributed by atoms with Crippen molar-refractivity contribution >= 4 is 52.1 Å². The minimum absolute atomic E-state index is 0.300. The molecule has 2 amide bonds. The fourth-order valence-corrected chi connectivity index (χ4v) is 5.48. The van der Waals surface area contributed by atoms with Gasteiger partial charge in [-0.25, -0.2) is 27.7 Å². The minimum atomic E-state index is -0.801. The Morgan fingerprint density at radius 2 is 1.27 bits per heavy atom. The minimum Gasteiger partial charge on any atom is -0.442 e. The fraction of sp³-hybridized carbons (Fsp3) is 0.400. The molecule has 0 unspecified atom stereocenters. The second kappa shape index (κ2) is 13.2. The number of nitrogens with zero attached hydrogens (tertiary/aromatic N) is 8. The first-order chi connectivity index (χ1) is 22.8. The Bertz CT molecular complexity index is 1760. The molecule has 2 aromatic carbocycles. The molecule has 0 radical (unpaired) electrons. The van der Waals surface area contributed by atoms with Crippen molar-refractivity contribution in [2.24, 2.45) is 0 Å². The quantitative estimate of drug-likeness (QED) is 0.257. The molecule has 0 bridgehead atoms. The van der Waals surface area contributed by atoms with E-state index in [2.05, 4.69) is 36.6 Å². The first kappa shape index (κ1) is 33.5. The molecule has 14 nitrogen and oxygen atoms in total. The summed E-state index contributed by atoms with van der Waals surface area (Å²) in [5.41, 5.74) is 0.0708. The Morgan fingerprint density at radius 1 is 0.792 bits per heavy atom. The lowest BCUT2D eigenvalue weighted by Crippen LogP contribution is -2.41. The zero-order valence-electron chi connectivity index (χ0n) is 26.5. The molecule has 3 aliphatic rings. The smallest absolute Gasteiger partial charge is 0.442 e. The second-order valence-electron chi connectivity index (χ2n) is 12.4. The van der Waals surface area contributed by atoms with Crippen LogP contribution in [0.4, 0.5) is 29.7 Å². The Morgan fingerprint density at radius 3 is 1.71 bits per heavy atom.